The third-order valence-corrected chi connectivity index (χ3v) is 7.19. The molecule has 0 spiro atoms. The summed E-state index contributed by atoms with van der Waals surface area (Å²) >= 11 is 0. The quantitative estimate of drug-likeness (QED) is 0.0340. The van der Waals surface area contributed by atoms with Crippen LogP contribution in [0, 0.1) is 0 Å². The molecule has 0 heterocycles. The molecular weight excluding hydrogens is 571 g/mol. The van der Waals surface area contributed by atoms with Gasteiger partial charge >= 0.3 is 25.6 Å². The Kier molecular flexibility index (Phi) is 11.6. The zero-order chi connectivity index (χ0) is 30.5. The number of nitrogens with one attached hydrogen (secondary N) is 1. The van der Waals surface area contributed by atoms with E-state index in [4.69, 9.17) is 25.5 Å². The highest BCUT2D eigenvalue weighted by Gasteiger charge is 2.35. The van der Waals surface area contributed by atoms with Crippen LogP contribution in [-0.4, -0.2) is 47.2 Å². The summed E-state index contributed by atoms with van der Waals surface area (Å²) in [5.74, 6) is -4.00. The topological polar surface area (TPSA) is 222 Å². The van der Waals surface area contributed by atoms with E-state index in [0.717, 1.165) is 5.56 Å². The van der Waals surface area contributed by atoms with Crippen molar-refractivity contribution in [3.8, 4) is 0 Å². The second-order valence-corrected chi connectivity index (χ2v) is 10.6. The first-order valence-electron chi connectivity index (χ1n) is 12.3. The monoisotopic (exact) mass is 600 g/mol. The Morgan fingerprint density at radius 3 is 2.19 bits per heavy atom. The van der Waals surface area contributed by atoms with Crippen LogP contribution in [0.3, 0.4) is 0 Å². The number of rotatable bonds is 14. The van der Waals surface area contributed by atoms with Crippen LogP contribution in [0.5, 0.6) is 0 Å². The molecule has 0 aliphatic rings. The van der Waals surface area contributed by atoms with Crippen LogP contribution >= 0.6 is 7.60 Å². The normalized spacial score (nSPS) is 13.5. The lowest BCUT2D eigenvalue weighted by Gasteiger charge is -2.20. The maximum Gasteiger partial charge on any atom is 0.410 e. The van der Waals surface area contributed by atoms with Gasteiger partial charge in [-0.05, 0) is 23.3 Å². The Hall–Kier alpha value is -4.75. The maximum atomic E-state index is 13.0. The zero-order valence-corrected chi connectivity index (χ0v) is 23.0. The number of carbonyl (C=O) groups excluding carboxylic acids is 2. The van der Waals surface area contributed by atoms with Gasteiger partial charge in [-0.1, -0.05) is 72.8 Å². The molecule has 3 atom stereocenters. The molecule has 0 saturated carbocycles. The van der Waals surface area contributed by atoms with E-state index in [2.05, 4.69) is 15.0 Å². The smallest absolute Gasteiger partial charge is 0.410 e. The number of guanidine groups is 1. The molecule has 0 saturated heterocycles. The minimum absolute atomic E-state index is 0.0618. The predicted octanol–water partition coefficient (Wildman–Crippen LogP) is 3.63. The number of nitrogens with two attached hydrogens (primary N) is 2. The molecule has 0 aliphatic carbocycles. The fourth-order valence-electron chi connectivity index (χ4n) is 3.64. The van der Waals surface area contributed by atoms with Crippen LogP contribution < -0.4 is 16.8 Å². The number of ether oxygens (including phenoxy) is 2. The summed E-state index contributed by atoms with van der Waals surface area (Å²) < 4.78 is 32.6. The first kappa shape index (κ1) is 31.8. The average Bonchev–Trinajstić information content (AvgIpc) is 2.98. The molecule has 0 aromatic heterocycles. The lowest BCUT2D eigenvalue weighted by atomic mass is 10.0. The lowest BCUT2D eigenvalue weighted by Crippen LogP contribution is -2.31. The van der Waals surface area contributed by atoms with Crippen molar-refractivity contribution in [1.82, 2.24) is 5.32 Å². The third kappa shape index (κ3) is 9.71. The second-order valence-electron chi connectivity index (χ2n) is 8.64. The van der Waals surface area contributed by atoms with Gasteiger partial charge in [0.15, 0.2) is 5.96 Å². The molecule has 0 bridgehead atoms. The molecule has 42 heavy (non-hydrogen) atoms. The van der Waals surface area contributed by atoms with Gasteiger partial charge in [0.25, 0.3) is 0 Å². The van der Waals surface area contributed by atoms with Gasteiger partial charge < -0.3 is 26.0 Å². The fourth-order valence-corrected chi connectivity index (χ4v) is 4.94. The summed E-state index contributed by atoms with van der Waals surface area (Å²) in [5.41, 5.74) is 12.1. The van der Waals surface area contributed by atoms with Crippen molar-refractivity contribution in [2.24, 2.45) is 16.5 Å². The van der Waals surface area contributed by atoms with E-state index in [9.17, 15) is 29.3 Å². The maximum absolute atomic E-state index is 13.0. The Bertz CT molecular complexity index is 1440. The van der Waals surface area contributed by atoms with Crippen LogP contribution in [0.2, 0.25) is 0 Å². The van der Waals surface area contributed by atoms with Crippen LogP contribution in [0.1, 0.15) is 28.7 Å². The summed E-state index contributed by atoms with van der Waals surface area (Å²) in [6, 6.07) is 22.7. The fraction of sp³-hybridized carbons (Fsp3) is 0.185. The van der Waals surface area contributed by atoms with Gasteiger partial charge in [-0.25, -0.2) is 19.8 Å². The Morgan fingerprint density at radius 2 is 1.57 bits per heavy atom. The molecule has 1 amide bonds. The van der Waals surface area contributed by atoms with Crippen LogP contribution in [-0.2, 0) is 39.4 Å². The van der Waals surface area contributed by atoms with Gasteiger partial charge in [0.1, 0.15) is 13.3 Å². The molecule has 3 aromatic rings. The number of aliphatic imine (C=N–C) groups is 1. The molecule has 7 N–H and O–H groups in total. The number of carbonyl (C=O) groups is 3. The second kappa shape index (κ2) is 15.3. The lowest BCUT2D eigenvalue weighted by molar-refractivity contribution is -0.155. The number of carboxylic acids is 1. The Balaban J connectivity index is 1.63. The van der Waals surface area contributed by atoms with Gasteiger partial charge in [-0.3, -0.25) is 19.2 Å². The van der Waals surface area contributed by atoms with Gasteiger partial charge in [0.2, 0.25) is 6.10 Å². The van der Waals surface area contributed by atoms with E-state index in [-0.39, 0.29) is 23.8 Å². The number of benzene rings is 3. The summed E-state index contributed by atoms with van der Waals surface area (Å²) in [7, 11) is -4.50. The molecular formula is C27H29N4O10P. The number of alkyl carbamates (subject to hydrolysis) is 1. The highest BCUT2D eigenvalue weighted by Crippen LogP contribution is 2.50. The number of hydrogen-bond donors (Lipinski definition) is 5. The van der Waals surface area contributed by atoms with Gasteiger partial charge in [-0.15, -0.1) is 0 Å². The van der Waals surface area contributed by atoms with Crippen molar-refractivity contribution >= 4 is 37.3 Å². The first-order valence-corrected chi connectivity index (χ1v) is 14.0. The number of nitrogens with zero attached hydrogens (tertiary/aromatic N) is 1. The highest BCUT2D eigenvalue weighted by molar-refractivity contribution is 7.53. The van der Waals surface area contributed by atoms with Crippen molar-refractivity contribution in [3.05, 3.63) is 102 Å². The molecule has 15 heteroatoms. The van der Waals surface area contributed by atoms with Crippen LogP contribution in [0.15, 0.2) is 89.9 Å². The Labute approximate surface area is 240 Å². The first-order chi connectivity index (χ1) is 20.1. The molecule has 14 nitrogen and oxygen atoms in total. The van der Waals surface area contributed by atoms with E-state index in [1.807, 2.05) is 6.07 Å². The van der Waals surface area contributed by atoms with E-state index in [0.29, 0.717) is 5.56 Å². The van der Waals surface area contributed by atoms with Gasteiger partial charge in [-0.2, -0.15) is 4.67 Å². The molecule has 3 aromatic carbocycles. The summed E-state index contributed by atoms with van der Waals surface area (Å²) in [6.07, 6.45) is -3.44. The SMILES string of the molecule is NC(N)=Nc1cccc(C(CP(=O)(OO)OCNC(=O)OC(C(=O)OCc2ccccc2)c2ccccc2)C(=O)O)c1. The van der Waals surface area contributed by atoms with Crippen molar-refractivity contribution in [3.63, 3.8) is 0 Å². The standard InChI is InChI=1S/C27H29N4O10P/c28-26(29)31-21-13-7-12-20(14-21)22(24(32)33)16-42(37,41-36)39-17-30-27(35)40-23(19-10-5-2-6-11-19)25(34)38-15-18-8-3-1-4-9-18/h1-14,22-23,36H,15-17H2,(H,30,35)(H,32,33)(H4,28,29,31). The summed E-state index contributed by atoms with van der Waals surface area (Å²) in [4.78, 5) is 41.1. The number of carboxylic acid groups (broad SMARTS) is 1. The van der Waals surface area contributed by atoms with Crippen LogP contribution in [0.25, 0.3) is 0 Å². The van der Waals surface area contributed by atoms with Crippen molar-refractivity contribution in [2.45, 2.75) is 18.6 Å². The molecule has 0 fully saturated rings. The van der Waals surface area contributed by atoms with E-state index in [1.54, 1.807) is 54.6 Å². The highest BCUT2D eigenvalue weighted by atomic mass is 31.2. The van der Waals surface area contributed by atoms with E-state index >= 15 is 0 Å². The number of aliphatic carboxylic acids is 1. The van der Waals surface area contributed by atoms with Crippen molar-refractivity contribution in [1.29, 1.82) is 0 Å². The zero-order valence-electron chi connectivity index (χ0n) is 22.1. The Morgan fingerprint density at radius 1 is 0.929 bits per heavy atom. The van der Waals surface area contributed by atoms with E-state index in [1.165, 1.54) is 24.3 Å². The average molecular weight is 601 g/mol. The molecule has 3 unspecified atom stereocenters. The molecule has 3 rings (SSSR count). The molecule has 0 radical (unpaired) electrons. The largest absolute Gasteiger partial charge is 0.481 e. The molecule has 222 valence electrons. The number of hydrogen-bond acceptors (Lipinski definition) is 10. The van der Waals surface area contributed by atoms with E-state index < -0.39 is 50.5 Å². The number of esters is 1. The minimum atomic E-state index is -4.50. The molecule has 0 aliphatic heterocycles. The number of amides is 1. The summed E-state index contributed by atoms with van der Waals surface area (Å²) in [6.45, 7) is -0.897. The van der Waals surface area contributed by atoms with Crippen molar-refractivity contribution in [2.75, 3.05) is 12.9 Å². The van der Waals surface area contributed by atoms with Crippen LogP contribution in [0.4, 0.5) is 10.5 Å². The van der Waals surface area contributed by atoms with Crippen molar-refractivity contribution < 1.29 is 48.0 Å². The summed E-state index contributed by atoms with van der Waals surface area (Å²) in [5, 5.41) is 21.1. The minimum Gasteiger partial charge on any atom is -0.481 e. The predicted molar refractivity (Wildman–Crippen MR) is 149 cm³/mol. The third-order valence-electron chi connectivity index (χ3n) is 5.60. The van der Waals surface area contributed by atoms with Gasteiger partial charge in [0, 0.05) is 5.56 Å². The van der Waals surface area contributed by atoms with Gasteiger partial charge in [0.05, 0.1) is 17.8 Å².